The van der Waals surface area contributed by atoms with Gasteiger partial charge < -0.3 is 14.2 Å². The van der Waals surface area contributed by atoms with Gasteiger partial charge in [-0.05, 0) is 77.2 Å². The van der Waals surface area contributed by atoms with Crippen LogP contribution in [0.5, 0.6) is 17.2 Å². The second-order valence-corrected chi connectivity index (χ2v) is 8.00. The summed E-state index contributed by atoms with van der Waals surface area (Å²) >= 11 is 3.48. The Balaban J connectivity index is 1.73. The zero-order valence-corrected chi connectivity index (χ0v) is 20.0. The highest BCUT2D eigenvalue weighted by atomic mass is 79.9. The Morgan fingerprint density at radius 1 is 1.03 bits per heavy atom. The highest BCUT2D eigenvalue weighted by Crippen LogP contribution is 2.28. The monoisotopic (exact) mass is 490 g/mol. The number of aryl methyl sites for hydroxylation is 1. The second-order valence-electron chi connectivity index (χ2n) is 7.14. The van der Waals surface area contributed by atoms with Gasteiger partial charge in [0.05, 0.1) is 31.0 Å². The van der Waals surface area contributed by atoms with E-state index in [9.17, 15) is 4.79 Å². The molecule has 0 aliphatic rings. The van der Waals surface area contributed by atoms with Crippen LogP contribution >= 0.6 is 15.9 Å². The molecule has 0 bridgehead atoms. The number of hydrazone groups is 1. The summed E-state index contributed by atoms with van der Waals surface area (Å²) in [6.07, 6.45) is 5.82. The van der Waals surface area contributed by atoms with Crippen LogP contribution in [0.1, 0.15) is 50.2 Å². The van der Waals surface area contributed by atoms with Crippen molar-refractivity contribution in [2.24, 2.45) is 5.10 Å². The lowest BCUT2D eigenvalue weighted by atomic mass is 10.2. The summed E-state index contributed by atoms with van der Waals surface area (Å²) in [5.41, 5.74) is 4.51. The largest absolute Gasteiger partial charge is 0.493 e. The van der Waals surface area contributed by atoms with Crippen molar-refractivity contribution in [3.8, 4) is 17.2 Å². The highest BCUT2D eigenvalue weighted by molar-refractivity contribution is 9.10. The molecule has 0 atom stereocenters. The van der Waals surface area contributed by atoms with E-state index >= 15 is 0 Å². The molecule has 0 aromatic heterocycles. The molecule has 0 heterocycles. The minimum atomic E-state index is -0.161. The molecule has 0 saturated heterocycles. The Kier molecular flexibility index (Phi) is 10.9. The first-order valence-electron chi connectivity index (χ1n) is 10.5. The molecule has 168 valence electrons. The third-order valence-corrected chi connectivity index (χ3v) is 5.11. The van der Waals surface area contributed by atoms with Gasteiger partial charge >= 0.3 is 0 Å². The summed E-state index contributed by atoms with van der Waals surface area (Å²) in [6.45, 7) is 5.30. The van der Waals surface area contributed by atoms with Gasteiger partial charge in [-0.15, -0.1) is 0 Å². The quantitative estimate of drug-likeness (QED) is 0.224. The lowest BCUT2D eigenvalue weighted by Gasteiger charge is -2.11. The second kappa shape index (κ2) is 13.7. The fourth-order valence-corrected chi connectivity index (χ4v) is 3.40. The number of amides is 1. The number of ether oxygens (including phenoxy) is 3. The van der Waals surface area contributed by atoms with Crippen molar-refractivity contribution in [3.63, 3.8) is 0 Å². The van der Waals surface area contributed by atoms with E-state index in [1.54, 1.807) is 13.3 Å². The van der Waals surface area contributed by atoms with Gasteiger partial charge in [-0.2, -0.15) is 5.10 Å². The first kappa shape index (κ1) is 24.7. The number of carbonyl (C=O) groups is 1. The first-order chi connectivity index (χ1) is 15.0. The topological polar surface area (TPSA) is 69.2 Å². The average Bonchev–Trinajstić information content (AvgIpc) is 2.76. The van der Waals surface area contributed by atoms with Gasteiger partial charge in [-0.25, -0.2) is 5.43 Å². The molecule has 2 rings (SSSR count). The van der Waals surface area contributed by atoms with Crippen LogP contribution in [0, 0.1) is 6.92 Å². The van der Waals surface area contributed by atoms with Crippen molar-refractivity contribution in [2.75, 3.05) is 20.3 Å². The fraction of sp³-hybridized carbons (Fsp3) is 0.417. The summed E-state index contributed by atoms with van der Waals surface area (Å²) in [7, 11) is 1.61. The smallest absolute Gasteiger partial charge is 0.240 e. The van der Waals surface area contributed by atoms with Crippen LogP contribution in [-0.2, 0) is 4.79 Å². The molecule has 7 heteroatoms. The average molecular weight is 491 g/mol. The summed E-state index contributed by atoms with van der Waals surface area (Å²) in [5, 5.41) is 4.02. The number of hydrogen-bond donors (Lipinski definition) is 1. The minimum absolute atomic E-state index is 0.161. The van der Waals surface area contributed by atoms with E-state index < -0.39 is 0 Å². The van der Waals surface area contributed by atoms with Crippen LogP contribution in [0.15, 0.2) is 46.0 Å². The van der Waals surface area contributed by atoms with Crippen molar-refractivity contribution in [3.05, 3.63) is 52.0 Å². The number of rotatable bonds is 13. The van der Waals surface area contributed by atoms with Gasteiger partial charge in [0.25, 0.3) is 0 Å². The summed E-state index contributed by atoms with van der Waals surface area (Å²) in [6, 6.07) is 11.5. The number of nitrogens with one attached hydrogen (secondary N) is 1. The van der Waals surface area contributed by atoms with Gasteiger partial charge in [0.15, 0.2) is 11.5 Å². The molecule has 1 N–H and O–H groups in total. The van der Waals surface area contributed by atoms with Gasteiger partial charge in [0, 0.05) is 6.42 Å². The lowest BCUT2D eigenvalue weighted by Crippen LogP contribution is -2.18. The van der Waals surface area contributed by atoms with E-state index in [4.69, 9.17) is 14.2 Å². The van der Waals surface area contributed by atoms with E-state index in [-0.39, 0.29) is 5.91 Å². The van der Waals surface area contributed by atoms with Crippen molar-refractivity contribution in [1.82, 2.24) is 5.43 Å². The molecule has 1 amide bonds. The molecule has 0 spiro atoms. The van der Waals surface area contributed by atoms with E-state index in [1.807, 2.05) is 43.3 Å². The van der Waals surface area contributed by atoms with Gasteiger partial charge in [0.1, 0.15) is 5.75 Å². The molecule has 0 aliphatic heterocycles. The van der Waals surface area contributed by atoms with Crippen molar-refractivity contribution in [1.29, 1.82) is 0 Å². The molecular formula is C24H31BrN2O4. The van der Waals surface area contributed by atoms with Crippen molar-refractivity contribution < 1.29 is 19.0 Å². The number of unbranched alkanes of at least 4 members (excludes halogenated alkanes) is 2. The predicted octanol–water partition coefficient (Wildman–Crippen LogP) is 5.64. The van der Waals surface area contributed by atoms with Crippen molar-refractivity contribution >= 4 is 28.1 Å². The molecule has 6 nitrogen and oxygen atoms in total. The fourth-order valence-electron chi connectivity index (χ4n) is 2.79. The first-order valence-corrected chi connectivity index (χ1v) is 11.3. The van der Waals surface area contributed by atoms with Crippen LogP contribution in [0.3, 0.4) is 0 Å². The van der Waals surface area contributed by atoms with Crippen LogP contribution < -0.4 is 19.6 Å². The van der Waals surface area contributed by atoms with E-state index in [0.717, 1.165) is 40.6 Å². The predicted molar refractivity (Wildman–Crippen MR) is 127 cm³/mol. The number of benzene rings is 2. The molecule has 0 unspecified atom stereocenters. The van der Waals surface area contributed by atoms with E-state index in [0.29, 0.717) is 37.6 Å². The third kappa shape index (κ3) is 9.00. The Morgan fingerprint density at radius 3 is 2.52 bits per heavy atom. The standard InChI is InChI=1S/C24H31BrN2O4/c1-4-5-6-13-31-22-12-10-19(16-23(22)29-3)17-26-27-24(28)8-7-14-30-21-11-9-18(2)15-20(21)25/h9-12,15-17H,4-8,13-14H2,1-3H3,(H,27,28)/b26-17+. The van der Waals surface area contributed by atoms with Gasteiger partial charge in [-0.3, -0.25) is 4.79 Å². The molecule has 31 heavy (non-hydrogen) atoms. The normalized spacial score (nSPS) is 10.8. The maximum Gasteiger partial charge on any atom is 0.240 e. The minimum Gasteiger partial charge on any atom is -0.493 e. The van der Waals surface area contributed by atoms with Crippen molar-refractivity contribution in [2.45, 2.75) is 46.0 Å². The Morgan fingerprint density at radius 2 is 1.77 bits per heavy atom. The van der Waals surface area contributed by atoms with Crippen LogP contribution in [0.4, 0.5) is 0 Å². The molecule has 2 aromatic rings. The molecular weight excluding hydrogens is 460 g/mol. The Labute approximate surface area is 193 Å². The Bertz CT molecular complexity index is 871. The summed E-state index contributed by atoms with van der Waals surface area (Å²) in [4.78, 5) is 12.0. The number of hydrogen-bond acceptors (Lipinski definition) is 5. The van der Waals surface area contributed by atoms with Gasteiger partial charge in [0.2, 0.25) is 5.91 Å². The Hall–Kier alpha value is -2.54. The number of carbonyl (C=O) groups excluding carboxylic acids is 1. The maximum absolute atomic E-state index is 12.0. The number of methoxy groups -OCH3 is 1. The SMILES string of the molecule is CCCCCOc1ccc(/C=N/NC(=O)CCCOc2ccc(C)cc2Br)cc1OC. The van der Waals surface area contributed by atoms with Crippen LogP contribution in [0.2, 0.25) is 0 Å². The maximum atomic E-state index is 12.0. The highest BCUT2D eigenvalue weighted by Gasteiger charge is 2.06. The zero-order valence-electron chi connectivity index (χ0n) is 18.4. The molecule has 0 fully saturated rings. The summed E-state index contributed by atoms with van der Waals surface area (Å²) in [5.74, 6) is 1.97. The molecule has 2 aromatic carbocycles. The molecule has 0 radical (unpaired) electrons. The molecule has 0 aliphatic carbocycles. The number of halogens is 1. The third-order valence-electron chi connectivity index (χ3n) is 4.49. The zero-order chi connectivity index (χ0) is 22.5. The van der Waals surface area contributed by atoms with E-state index in [2.05, 4.69) is 33.4 Å². The molecule has 0 saturated carbocycles. The van der Waals surface area contributed by atoms with Gasteiger partial charge in [-0.1, -0.05) is 25.8 Å². The van der Waals surface area contributed by atoms with Crippen LogP contribution in [-0.4, -0.2) is 32.4 Å². The number of nitrogens with zero attached hydrogens (tertiary/aromatic N) is 1. The summed E-state index contributed by atoms with van der Waals surface area (Å²) < 4.78 is 17.8. The lowest BCUT2D eigenvalue weighted by molar-refractivity contribution is -0.121. The van der Waals surface area contributed by atoms with E-state index in [1.165, 1.54) is 0 Å². The van der Waals surface area contributed by atoms with Crippen LogP contribution in [0.25, 0.3) is 0 Å².